The second-order valence-corrected chi connectivity index (χ2v) is 3.85. The molecule has 1 rings (SSSR count). The average molecular weight is 275 g/mol. The zero-order chi connectivity index (χ0) is 11.4. The van der Waals surface area contributed by atoms with Gasteiger partial charge in [0.15, 0.2) is 0 Å². The first-order valence-electron chi connectivity index (χ1n) is 4.00. The molecule has 0 saturated heterocycles. The number of hydrogen-bond acceptors (Lipinski definition) is 2. The highest BCUT2D eigenvalue weighted by atomic mass is 79.9. The van der Waals surface area contributed by atoms with Crippen LogP contribution in [0.3, 0.4) is 0 Å². The van der Waals surface area contributed by atoms with Gasteiger partial charge in [-0.05, 0) is 12.1 Å². The Hall–Kier alpha value is -1.36. The largest absolute Gasteiger partial charge is 0.487 e. The quantitative estimate of drug-likeness (QED) is 0.919. The van der Waals surface area contributed by atoms with E-state index in [-0.39, 0.29) is 12.4 Å². The normalized spacial score (nSPS) is 9.73. The lowest BCUT2D eigenvalue weighted by Crippen LogP contribution is -2.06. The Morgan fingerprint density at radius 1 is 1.60 bits per heavy atom. The third-order valence-corrected chi connectivity index (χ3v) is 1.80. The Bertz CT molecular complexity index is 404. The summed E-state index contributed by atoms with van der Waals surface area (Å²) >= 11 is 3.05. The minimum absolute atomic E-state index is 0.0110. The van der Waals surface area contributed by atoms with Crippen molar-refractivity contribution < 1.29 is 19.0 Å². The molecule has 0 aliphatic heterocycles. The lowest BCUT2D eigenvalue weighted by molar-refractivity contribution is 0.0687. The van der Waals surface area contributed by atoms with Gasteiger partial charge < -0.3 is 9.84 Å². The monoisotopic (exact) mass is 274 g/mol. The molecule has 80 valence electrons. The van der Waals surface area contributed by atoms with E-state index in [2.05, 4.69) is 22.5 Å². The van der Waals surface area contributed by atoms with Gasteiger partial charge in [-0.1, -0.05) is 28.6 Å². The van der Waals surface area contributed by atoms with Gasteiger partial charge in [0.2, 0.25) is 0 Å². The molecule has 1 aromatic carbocycles. The molecule has 0 aliphatic rings. The van der Waals surface area contributed by atoms with E-state index in [4.69, 9.17) is 9.84 Å². The number of hydrogen-bond donors (Lipinski definition) is 1. The Labute approximate surface area is 94.3 Å². The second-order valence-electron chi connectivity index (χ2n) is 2.72. The van der Waals surface area contributed by atoms with Gasteiger partial charge in [-0.2, -0.15) is 0 Å². The van der Waals surface area contributed by atoms with Crippen molar-refractivity contribution in [2.24, 2.45) is 0 Å². The van der Waals surface area contributed by atoms with E-state index in [0.29, 0.717) is 4.48 Å². The predicted molar refractivity (Wildman–Crippen MR) is 56.9 cm³/mol. The fourth-order valence-corrected chi connectivity index (χ4v) is 1.10. The zero-order valence-corrected chi connectivity index (χ0v) is 9.25. The Balaban J connectivity index is 3.01. The molecule has 0 fully saturated rings. The number of carbonyl (C=O) groups is 1. The van der Waals surface area contributed by atoms with Crippen molar-refractivity contribution in [1.82, 2.24) is 0 Å². The lowest BCUT2D eigenvalue weighted by Gasteiger charge is -2.08. The van der Waals surface area contributed by atoms with Crippen LogP contribution in [-0.2, 0) is 0 Å². The molecule has 0 atom stereocenters. The lowest BCUT2D eigenvalue weighted by atomic mass is 10.2. The highest BCUT2D eigenvalue weighted by Gasteiger charge is 2.16. The highest BCUT2D eigenvalue weighted by molar-refractivity contribution is 9.11. The van der Waals surface area contributed by atoms with Gasteiger partial charge in [0.05, 0.1) is 0 Å². The number of carboxylic acid groups (broad SMARTS) is 1. The molecule has 0 spiro atoms. The molecule has 0 amide bonds. The van der Waals surface area contributed by atoms with E-state index >= 15 is 0 Å². The molecule has 1 N–H and O–H groups in total. The molecule has 5 heteroatoms. The molecule has 15 heavy (non-hydrogen) atoms. The standard InChI is InChI=1S/C10H8BrFO3/c1-6(11)5-15-8-4-2-3-7(12)9(8)10(13)14/h2-4H,1,5H2,(H,13,14). The molecule has 0 radical (unpaired) electrons. The third kappa shape index (κ3) is 3.06. The first-order chi connectivity index (χ1) is 7.02. The third-order valence-electron chi connectivity index (χ3n) is 1.57. The van der Waals surface area contributed by atoms with Gasteiger partial charge in [-0.15, -0.1) is 0 Å². The number of ether oxygens (including phenoxy) is 1. The molecular weight excluding hydrogens is 267 g/mol. The van der Waals surface area contributed by atoms with Crippen molar-refractivity contribution in [3.63, 3.8) is 0 Å². The first-order valence-corrected chi connectivity index (χ1v) is 4.79. The number of carboxylic acids is 1. The summed E-state index contributed by atoms with van der Waals surface area (Å²) in [6.07, 6.45) is 0. The Kier molecular flexibility index (Phi) is 3.85. The van der Waals surface area contributed by atoms with Crippen LogP contribution in [-0.4, -0.2) is 17.7 Å². The summed E-state index contributed by atoms with van der Waals surface area (Å²) in [5.74, 6) is -2.19. The van der Waals surface area contributed by atoms with Crippen molar-refractivity contribution in [2.45, 2.75) is 0 Å². The van der Waals surface area contributed by atoms with Gasteiger partial charge in [-0.25, -0.2) is 9.18 Å². The van der Waals surface area contributed by atoms with Crippen molar-refractivity contribution in [3.8, 4) is 5.75 Å². The molecule has 1 aromatic rings. The summed E-state index contributed by atoms with van der Waals surface area (Å²) in [5.41, 5.74) is -0.466. The number of rotatable bonds is 4. The van der Waals surface area contributed by atoms with Crippen LogP contribution >= 0.6 is 15.9 Å². The molecule has 0 aliphatic carbocycles. The maximum Gasteiger partial charge on any atom is 0.342 e. The Morgan fingerprint density at radius 2 is 2.27 bits per heavy atom. The number of halogens is 2. The molecule has 0 bridgehead atoms. The molecule has 0 aromatic heterocycles. The minimum atomic E-state index is -1.36. The van der Waals surface area contributed by atoms with Gasteiger partial charge in [0, 0.05) is 4.48 Å². The van der Waals surface area contributed by atoms with Gasteiger partial charge in [0.1, 0.15) is 23.7 Å². The first kappa shape index (κ1) is 11.7. The summed E-state index contributed by atoms with van der Waals surface area (Å²) < 4.78 is 18.7. The second kappa shape index (κ2) is 4.93. The molecule has 0 unspecified atom stereocenters. The van der Waals surface area contributed by atoms with Crippen molar-refractivity contribution in [3.05, 3.63) is 40.6 Å². The van der Waals surface area contributed by atoms with Gasteiger partial charge >= 0.3 is 5.97 Å². The topological polar surface area (TPSA) is 46.5 Å². The van der Waals surface area contributed by atoms with Crippen LogP contribution in [0, 0.1) is 5.82 Å². The summed E-state index contributed by atoms with van der Waals surface area (Å²) in [4.78, 5) is 10.7. The smallest absolute Gasteiger partial charge is 0.342 e. The average Bonchev–Trinajstić information content (AvgIpc) is 2.13. The maximum atomic E-state index is 13.1. The fraction of sp³-hybridized carbons (Fsp3) is 0.100. The van der Waals surface area contributed by atoms with Crippen molar-refractivity contribution >= 4 is 21.9 Å². The summed E-state index contributed by atoms with van der Waals surface area (Å²) in [6, 6.07) is 3.84. The van der Waals surface area contributed by atoms with Crippen molar-refractivity contribution in [2.75, 3.05) is 6.61 Å². The zero-order valence-electron chi connectivity index (χ0n) is 7.67. The van der Waals surface area contributed by atoms with Gasteiger partial charge in [0.25, 0.3) is 0 Å². The van der Waals surface area contributed by atoms with Gasteiger partial charge in [-0.3, -0.25) is 0 Å². The van der Waals surface area contributed by atoms with E-state index in [1.54, 1.807) is 0 Å². The van der Waals surface area contributed by atoms with E-state index in [1.165, 1.54) is 12.1 Å². The van der Waals surface area contributed by atoms with Crippen LogP contribution in [0.2, 0.25) is 0 Å². The summed E-state index contributed by atoms with van der Waals surface area (Å²) in [5, 5.41) is 8.76. The molecule has 0 saturated carbocycles. The van der Waals surface area contributed by atoms with E-state index in [1.807, 2.05) is 0 Å². The van der Waals surface area contributed by atoms with Crippen LogP contribution in [0.1, 0.15) is 10.4 Å². The van der Waals surface area contributed by atoms with E-state index < -0.39 is 17.3 Å². The number of benzene rings is 1. The van der Waals surface area contributed by atoms with Crippen molar-refractivity contribution in [1.29, 1.82) is 0 Å². The summed E-state index contributed by atoms with van der Waals surface area (Å²) in [6.45, 7) is 3.60. The van der Waals surface area contributed by atoms with Crippen LogP contribution in [0.15, 0.2) is 29.3 Å². The fourth-order valence-electron chi connectivity index (χ4n) is 0.988. The predicted octanol–water partition coefficient (Wildman–Crippen LogP) is 2.81. The van der Waals surface area contributed by atoms with E-state index in [0.717, 1.165) is 6.07 Å². The number of aromatic carboxylic acids is 1. The molecule has 0 heterocycles. The highest BCUT2D eigenvalue weighted by Crippen LogP contribution is 2.22. The maximum absolute atomic E-state index is 13.1. The van der Waals surface area contributed by atoms with E-state index in [9.17, 15) is 9.18 Å². The SMILES string of the molecule is C=C(Br)COc1cccc(F)c1C(=O)O. The minimum Gasteiger partial charge on any atom is -0.487 e. The van der Waals surface area contributed by atoms with Crippen LogP contribution < -0.4 is 4.74 Å². The Morgan fingerprint density at radius 3 is 2.80 bits per heavy atom. The molecular formula is C10H8BrFO3. The molecule has 3 nitrogen and oxygen atoms in total. The van der Waals surface area contributed by atoms with Crippen LogP contribution in [0.25, 0.3) is 0 Å². The van der Waals surface area contributed by atoms with Crippen LogP contribution in [0.5, 0.6) is 5.75 Å². The summed E-state index contributed by atoms with van der Waals surface area (Å²) in [7, 11) is 0. The van der Waals surface area contributed by atoms with Crippen LogP contribution in [0.4, 0.5) is 4.39 Å².